The lowest BCUT2D eigenvalue weighted by atomic mass is 10.1. The SMILES string of the molecule is CCCNC(=O)NC.COc1c(C(=O)O)ccc2[nH]nc(/C=C/c3ccc(F)cc3)c12. The van der Waals surface area contributed by atoms with E-state index in [1.54, 1.807) is 37.4 Å². The lowest BCUT2D eigenvalue weighted by molar-refractivity contribution is 0.0693. The molecule has 2 aromatic carbocycles. The Kier molecular flexibility index (Phi) is 8.56. The number of hydrogen-bond donors (Lipinski definition) is 4. The van der Waals surface area contributed by atoms with Crippen LogP contribution in [0.3, 0.4) is 0 Å². The first kappa shape index (κ1) is 23.4. The highest BCUT2D eigenvalue weighted by molar-refractivity contribution is 6.02. The quantitative estimate of drug-likeness (QED) is 0.475. The number of carboxylic acids is 1. The molecule has 9 heteroatoms. The van der Waals surface area contributed by atoms with E-state index in [0.29, 0.717) is 16.6 Å². The van der Waals surface area contributed by atoms with Gasteiger partial charge in [0.2, 0.25) is 0 Å². The fraction of sp³-hybridized carbons (Fsp3) is 0.227. The molecule has 31 heavy (non-hydrogen) atoms. The first-order chi connectivity index (χ1) is 14.9. The van der Waals surface area contributed by atoms with Crippen LogP contribution in [0.2, 0.25) is 0 Å². The minimum atomic E-state index is -1.07. The Morgan fingerprint density at radius 2 is 1.90 bits per heavy atom. The number of aromatic carboxylic acids is 1. The predicted molar refractivity (Wildman–Crippen MR) is 118 cm³/mol. The molecule has 164 valence electrons. The van der Waals surface area contributed by atoms with Crippen molar-refractivity contribution in [2.75, 3.05) is 20.7 Å². The predicted octanol–water partition coefficient (Wildman–Crippen LogP) is 3.90. The molecule has 0 unspecified atom stereocenters. The number of benzene rings is 2. The standard InChI is InChI=1S/C17H13FN2O3.C5H12N2O/c1-23-16-12(17(21)22)7-9-14-15(16)13(19-20-14)8-4-10-2-5-11(18)6-3-10;1-3-4-7-5(8)6-2/h2-9H,1H3,(H,19,20)(H,21,22);3-4H2,1-2H3,(H2,6,7,8)/b8-4+;. The highest BCUT2D eigenvalue weighted by Gasteiger charge is 2.17. The van der Waals surface area contributed by atoms with E-state index in [2.05, 4.69) is 20.8 Å². The van der Waals surface area contributed by atoms with Gasteiger partial charge in [-0.15, -0.1) is 0 Å². The second-order valence-electron chi connectivity index (χ2n) is 6.37. The summed E-state index contributed by atoms with van der Waals surface area (Å²) in [6, 6.07) is 9.02. The highest BCUT2D eigenvalue weighted by Crippen LogP contribution is 2.32. The second kappa shape index (κ2) is 11.3. The summed E-state index contributed by atoms with van der Waals surface area (Å²) >= 11 is 0. The van der Waals surface area contributed by atoms with Crippen LogP contribution in [0.15, 0.2) is 36.4 Å². The number of methoxy groups -OCH3 is 1. The van der Waals surface area contributed by atoms with Gasteiger partial charge in [-0.1, -0.05) is 25.1 Å². The van der Waals surface area contributed by atoms with Crippen molar-refractivity contribution < 1.29 is 23.8 Å². The summed E-state index contributed by atoms with van der Waals surface area (Å²) in [5, 5.41) is 21.9. The van der Waals surface area contributed by atoms with E-state index in [-0.39, 0.29) is 23.2 Å². The summed E-state index contributed by atoms with van der Waals surface area (Å²) in [6.07, 6.45) is 4.47. The molecular formula is C22H25FN4O4. The third-order valence-electron chi connectivity index (χ3n) is 4.21. The van der Waals surface area contributed by atoms with E-state index < -0.39 is 5.97 Å². The maximum atomic E-state index is 12.9. The number of aromatic nitrogens is 2. The number of nitrogens with one attached hydrogen (secondary N) is 3. The zero-order valence-electron chi connectivity index (χ0n) is 17.5. The molecule has 0 radical (unpaired) electrons. The molecule has 3 aromatic rings. The van der Waals surface area contributed by atoms with Gasteiger partial charge in [0, 0.05) is 13.6 Å². The number of carboxylic acid groups (broad SMARTS) is 1. The van der Waals surface area contributed by atoms with E-state index >= 15 is 0 Å². The second-order valence-corrected chi connectivity index (χ2v) is 6.37. The van der Waals surface area contributed by atoms with E-state index in [1.807, 2.05) is 6.92 Å². The molecule has 0 aliphatic heterocycles. The Balaban J connectivity index is 0.000000366. The maximum Gasteiger partial charge on any atom is 0.339 e. The Hall–Kier alpha value is -3.88. The van der Waals surface area contributed by atoms with Crippen molar-refractivity contribution in [1.82, 2.24) is 20.8 Å². The van der Waals surface area contributed by atoms with E-state index in [0.717, 1.165) is 18.5 Å². The largest absolute Gasteiger partial charge is 0.495 e. The molecule has 2 amide bonds. The zero-order chi connectivity index (χ0) is 22.8. The third-order valence-corrected chi connectivity index (χ3v) is 4.21. The van der Waals surface area contributed by atoms with Crippen LogP contribution in [-0.4, -0.2) is 48.0 Å². The summed E-state index contributed by atoms with van der Waals surface area (Å²) in [4.78, 5) is 21.7. The molecule has 0 saturated carbocycles. The molecule has 4 N–H and O–H groups in total. The number of fused-ring (bicyclic) bond motifs is 1. The number of carbonyl (C=O) groups excluding carboxylic acids is 1. The normalized spacial score (nSPS) is 10.5. The Bertz CT molecular complexity index is 1060. The summed E-state index contributed by atoms with van der Waals surface area (Å²) in [5.74, 6) is -1.12. The van der Waals surface area contributed by atoms with Crippen molar-refractivity contribution in [3.8, 4) is 5.75 Å². The maximum absolute atomic E-state index is 12.9. The number of ether oxygens (including phenoxy) is 1. The average molecular weight is 428 g/mol. The van der Waals surface area contributed by atoms with Crippen molar-refractivity contribution in [2.45, 2.75) is 13.3 Å². The zero-order valence-corrected chi connectivity index (χ0v) is 17.5. The molecule has 0 bridgehead atoms. The molecule has 1 aromatic heterocycles. The number of urea groups is 1. The minimum Gasteiger partial charge on any atom is -0.495 e. The van der Waals surface area contributed by atoms with Gasteiger partial charge < -0.3 is 20.5 Å². The van der Waals surface area contributed by atoms with E-state index in [4.69, 9.17) is 4.74 Å². The Morgan fingerprint density at radius 3 is 2.48 bits per heavy atom. The lowest BCUT2D eigenvalue weighted by Gasteiger charge is -2.06. The molecule has 8 nitrogen and oxygen atoms in total. The fourth-order valence-electron chi connectivity index (χ4n) is 2.68. The van der Waals surface area contributed by atoms with Crippen LogP contribution < -0.4 is 15.4 Å². The summed E-state index contributed by atoms with van der Waals surface area (Å²) in [6.45, 7) is 2.76. The number of H-pyrrole nitrogens is 1. The summed E-state index contributed by atoms with van der Waals surface area (Å²) < 4.78 is 18.2. The van der Waals surface area contributed by atoms with Gasteiger partial charge in [0.25, 0.3) is 0 Å². The van der Waals surface area contributed by atoms with Crippen LogP contribution in [0, 0.1) is 5.82 Å². The first-order valence-electron chi connectivity index (χ1n) is 9.58. The number of amides is 2. The van der Waals surface area contributed by atoms with Gasteiger partial charge in [-0.3, -0.25) is 5.10 Å². The van der Waals surface area contributed by atoms with Crippen LogP contribution in [-0.2, 0) is 0 Å². The number of hydrogen-bond acceptors (Lipinski definition) is 4. The van der Waals surface area contributed by atoms with Crippen LogP contribution in [0.5, 0.6) is 5.75 Å². The summed E-state index contributed by atoms with van der Waals surface area (Å²) in [5.41, 5.74) is 2.09. The van der Waals surface area contributed by atoms with Crippen LogP contribution in [0.25, 0.3) is 23.1 Å². The van der Waals surface area contributed by atoms with Crippen molar-refractivity contribution in [3.05, 3.63) is 59.0 Å². The Labute approximate surface area is 179 Å². The minimum absolute atomic E-state index is 0.0674. The van der Waals surface area contributed by atoms with Crippen molar-refractivity contribution >= 4 is 35.1 Å². The molecule has 0 spiro atoms. The highest BCUT2D eigenvalue weighted by atomic mass is 19.1. The van der Waals surface area contributed by atoms with Crippen LogP contribution >= 0.6 is 0 Å². The van der Waals surface area contributed by atoms with Gasteiger partial charge in [0.1, 0.15) is 17.1 Å². The molecular weight excluding hydrogens is 403 g/mol. The van der Waals surface area contributed by atoms with Crippen LogP contribution in [0.4, 0.5) is 9.18 Å². The number of rotatable bonds is 6. The third kappa shape index (κ3) is 6.30. The van der Waals surface area contributed by atoms with Crippen LogP contribution in [0.1, 0.15) is 35.0 Å². The average Bonchev–Trinajstić information content (AvgIpc) is 3.20. The number of halogens is 1. The van der Waals surface area contributed by atoms with Gasteiger partial charge in [0.15, 0.2) is 0 Å². The van der Waals surface area contributed by atoms with Crippen molar-refractivity contribution in [2.24, 2.45) is 0 Å². The van der Waals surface area contributed by atoms with Gasteiger partial charge in [-0.25, -0.2) is 14.0 Å². The molecule has 0 fully saturated rings. The Morgan fingerprint density at radius 1 is 1.19 bits per heavy atom. The smallest absolute Gasteiger partial charge is 0.339 e. The van der Waals surface area contributed by atoms with E-state index in [9.17, 15) is 19.1 Å². The molecule has 1 heterocycles. The molecule has 0 saturated heterocycles. The van der Waals surface area contributed by atoms with Gasteiger partial charge in [-0.05, 0) is 42.3 Å². The summed E-state index contributed by atoms with van der Waals surface area (Å²) in [7, 11) is 3.02. The van der Waals surface area contributed by atoms with Gasteiger partial charge in [-0.2, -0.15) is 5.10 Å². The molecule has 3 rings (SSSR count). The molecule has 0 atom stereocenters. The first-order valence-corrected chi connectivity index (χ1v) is 9.58. The van der Waals surface area contributed by atoms with Gasteiger partial charge >= 0.3 is 12.0 Å². The number of carbonyl (C=O) groups is 2. The topological polar surface area (TPSA) is 116 Å². The number of aromatic amines is 1. The van der Waals surface area contributed by atoms with Crippen molar-refractivity contribution in [1.29, 1.82) is 0 Å². The van der Waals surface area contributed by atoms with Crippen molar-refractivity contribution in [3.63, 3.8) is 0 Å². The molecule has 0 aliphatic rings. The van der Waals surface area contributed by atoms with Gasteiger partial charge in [0.05, 0.1) is 23.7 Å². The molecule has 0 aliphatic carbocycles. The fourth-order valence-corrected chi connectivity index (χ4v) is 2.68. The number of nitrogens with zero attached hydrogens (tertiary/aromatic N) is 1. The van der Waals surface area contributed by atoms with E-state index in [1.165, 1.54) is 25.3 Å². The monoisotopic (exact) mass is 428 g/mol. The lowest BCUT2D eigenvalue weighted by Crippen LogP contribution is -2.32.